The summed E-state index contributed by atoms with van der Waals surface area (Å²) in [6, 6.07) is 26.7. The summed E-state index contributed by atoms with van der Waals surface area (Å²) >= 11 is 0. The molecule has 146 valence electrons. The van der Waals surface area contributed by atoms with Crippen molar-refractivity contribution in [2.45, 2.75) is 26.7 Å². The lowest BCUT2D eigenvalue weighted by Crippen LogP contribution is -2.02. The Kier molecular flexibility index (Phi) is 5.53. The van der Waals surface area contributed by atoms with Crippen LogP contribution in [0.25, 0.3) is 11.1 Å². The van der Waals surface area contributed by atoms with E-state index in [-0.39, 0.29) is 0 Å². The van der Waals surface area contributed by atoms with Gasteiger partial charge in [0.05, 0.1) is 7.11 Å². The Morgan fingerprint density at radius 1 is 0.621 bits per heavy atom. The number of hydrogen-bond acceptors (Lipinski definition) is 2. The van der Waals surface area contributed by atoms with Crippen LogP contribution < -0.4 is 9.47 Å². The Bertz CT molecular complexity index is 1040. The van der Waals surface area contributed by atoms with Crippen molar-refractivity contribution >= 4 is 11.1 Å². The molecule has 0 saturated heterocycles. The molecule has 0 aliphatic heterocycles. The molecule has 1 aliphatic rings. The Balaban J connectivity index is 1.63. The third kappa shape index (κ3) is 4.12. The van der Waals surface area contributed by atoms with E-state index >= 15 is 0 Å². The minimum atomic E-state index is 0.853. The predicted molar refractivity (Wildman–Crippen MR) is 120 cm³/mol. The molecular weight excluding hydrogens is 356 g/mol. The molecule has 3 aromatic carbocycles. The first-order chi connectivity index (χ1) is 14.2. The fraction of sp³-hybridized carbons (Fsp3) is 0.185. The molecule has 0 radical (unpaired) electrons. The molecule has 0 fully saturated rings. The van der Waals surface area contributed by atoms with E-state index in [4.69, 9.17) is 9.47 Å². The van der Waals surface area contributed by atoms with E-state index < -0.39 is 0 Å². The molecule has 0 spiro atoms. The number of ether oxygens (including phenoxy) is 2. The summed E-state index contributed by atoms with van der Waals surface area (Å²) in [6.45, 7) is 4.49. The minimum Gasteiger partial charge on any atom is -0.497 e. The van der Waals surface area contributed by atoms with Crippen molar-refractivity contribution in [3.8, 4) is 17.2 Å². The van der Waals surface area contributed by atoms with Gasteiger partial charge in [-0.2, -0.15) is 0 Å². The first-order valence-electron chi connectivity index (χ1n) is 10.0. The van der Waals surface area contributed by atoms with Gasteiger partial charge in [-0.1, -0.05) is 48.0 Å². The van der Waals surface area contributed by atoms with Gasteiger partial charge in [0.1, 0.15) is 17.2 Å². The van der Waals surface area contributed by atoms with Crippen LogP contribution >= 0.6 is 0 Å². The molecule has 1 aliphatic carbocycles. The Morgan fingerprint density at radius 3 is 1.86 bits per heavy atom. The smallest absolute Gasteiger partial charge is 0.127 e. The minimum absolute atomic E-state index is 0.853. The van der Waals surface area contributed by atoms with Gasteiger partial charge in [-0.15, -0.1) is 0 Å². The topological polar surface area (TPSA) is 18.5 Å². The third-order valence-electron chi connectivity index (χ3n) is 5.56. The molecule has 0 unspecified atom stereocenters. The Labute approximate surface area is 173 Å². The first-order valence-corrected chi connectivity index (χ1v) is 10.0. The van der Waals surface area contributed by atoms with Crippen LogP contribution in [-0.4, -0.2) is 7.11 Å². The fourth-order valence-electron chi connectivity index (χ4n) is 4.03. The summed E-state index contributed by atoms with van der Waals surface area (Å²) in [5.74, 6) is 2.60. The lowest BCUT2D eigenvalue weighted by atomic mass is 9.81. The second kappa shape index (κ2) is 8.40. The van der Waals surface area contributed by atoms with E-state index in [9.17, 15) is 0 Å². The normalized spacial score (nSPS) is 14.2. The molecule has 2 heteroatoms. The van der Waals surface area contributed by atoms with Crippen molar-refractivity contribution in [2.24, 2.45) is 0 Å². The second-order valence-electron chi connectivity index (χ2n) is 7.43. The van der Waals surface area contributed by atoms with Gasteiger partial charge in [0.25, 0.3) is 0 Å². The molecule has 0 atom stereocenters. The van der Waals surface area contributed by atoms with Gasteiger partial charge in [-0.05, 0) is 90.9 Å². The van der Waals surface area contributed by atoms with Crippen LogP contribution in [0.5, 0.6) is 17.2 Å². The first kappa shape index (κ1) is 19.1. The molecule has 2 nitrogen and oxygen atoms in total. The van der Waals surface area contributed by atoms with Gasteiger partial charge < -0.3 is 9.47 Å². The monoisotopic (exact) mass is 382 g/mol. The van der Waals surface area contributed by atoms with Gasteiger partial charge in [-0.3, -0.25) is 0 Å². The number of hydrogen-bond donors (Lipinski definition) is 0. The molecule has 3 aromatic rings. The summed E-state index contributed by atoms with van der Waals surface area (Å²) in [5, 5.41) is 0. The van der Waals surface area contributed by atoms with Crippen molar-refractivity contribution in [2.75, 3.05) is 7.11 Å². The van der Waals surface area contributed by atoms with Gasteiger partial charge in [-0.25, -0.2) is 0 Å². The number of allylic oxidation sites excluding steroid dienone is 4. The number of para-hydroxylation sites is 1. The van der Waals surface area contributed by atoms with Gasteiger partial charge in [0.15, 0.2) is 0 Å². The highest BCUT2D eigenvalue weighted by atomic mass is 16.5. The summed E-state index contributed by atoms with van der Waals surface area (Å²) in [4.78, 5) is 0. The van der Waals surface area contributed by atoms with E-state index in [0.29, 0.717) is 0 Å². The van der Waals surface area contributed by atoms with Crippen LogP contribution in [0.3, 0.4) is 0 Å². The number of rotatable bonds is 5. The molecule has 29 heavy (non-hydrogen) atoms. The Morgan fingerprint density at radius 2 is 1.21 bits per heavy atom. The highest BCUT2D eigenvalue weighted by molar-refractivity contribution is 5.92. The van der Waals surface area contributed by atoms with Crippen molar-refractivity contribution in [1.29, 1.82) is 0 Å². The lowest BCUT2D eigenvalue weighted by molar-refractivity contribution is 0.415. The van der Waals surface area contributed by atoms with Crippen LogP contribution in [0.4, 0.5) is 0 Å². The summed E-state index contributed by atoms with van der Waals surface area (Å²) in [5.41, 5.74) is 8.08. The number of benzene rings is 3. The van der Waals surface area contributed by atoms with E-state index in [2.05, 4.69) is 50.2 Å². The average Bonchev–Trinajstić information content (AvgIpc) is 2.76. The zero-order valence-corrected chi connectivity index (χ0v) is 17.2. The third-order valence-corrected chi connectivity index (χ3v) is 5.56. The van der Waals surface area contributed by atoms with Crippen molar-refractivity contribution < 1.29 is 9.47 Å². The highest BCUT2D eigenvalue weighted by Crippen LogP contribution is 2.41. The average molecular weight is 383 g/mol. The lowest BCUT2D eigenvalue weighted by Gasteiger charge is -2.24. The molecule has 0 heterocycles. The molecular formula is C27H26O2. The highest BCUT2D eigenvalue weighted by Gasteiger charge is 2.19. The molecule has 0 amide bonds. The van der Waals surface area contributed by atoms with Crippen LogP contribution in [0.1, 0.15) is 37.8 Å². The quantitative estimate of drug-likeness (QED) is 0.454. The van der Waals surface area contributed by atoms with Crippen molar-refractivity contribution in [3.63, 3.8) is 0 Å². The molecule has 4 rings (SSSR count). The maximum Gasteiger partial charge on any atom is 0.127 e. The van der Waals surface area contributed by atoms with E-state index in [1.165, 1.54) is 33.4 Å². The fourth-order valence-corrected chi connectivity index (χ4v) is 4.03. The van der Waals surface area contributed by atoms with E-state index in [1.807, 2.05) is 42.5 Å². The predicted octanol–water partition coefficient (Wildman–Crippen LogP) is 7.53. The van der Waals surface area contributed by atoms with Crippen molar-refractivity contribution in [1.82, 2.24) is 0 Å². The van der Waals surface area contributed by atoms with E-state index in [1.54, 1.807) is 7.11 Å². The molecule has 0 saturated carbocycles. The summed E-state index contributed by atoms with van der Waals surface area (Å²) in [7, 11) is 1.70. The summed E-state index contributed by atoms with van der Waals surface area (Å²) in [6.07, 6.45) is 2.15. The second-order valence-corrected chi connectivity index (χ2v) is 7.43. The zero-order valence-electron chi connectivity index (χ0n) is 17.2. The zero-order chi connectivity index (χ0) is 20.2. The van der Waals surface area contributed by atoms with Crippen molar-refractivity contribution in [3.05, 3.63) is 101 Å². The summed E-state index contributed by atoms with van der Waals surface area (Å²) < 4.78 is 11.3. The molecule has 0 bridgehead atoms. The standard InChI is InChI=1S/C27H26O2/c1-19-9-18-26(21-10-14-23(28-3)15-11-21)20(2)27(19)22-12-16-25(17-13-22)29-24-7-5-4-6-8-24/h4-8,10-17H,9,18H2,1-3H3. The Hall–Kier alpha value is -3.26. The SMILES string of the molecule is COc1ccc(C2=C(C)C(c3ccc(Oc4ccccc4)cc3)=C(C)CC2)cc1. The van der Waals surface area contributed by atoms with Gasteiger partial charge in [0.2, 0.25) is 0 Å². The van der Waals surface area contributed by atoms with Crippen LogP contribution in [-0.2, 0) is 0 Å². The van der Waals surface area contributed by atoms with Crippen LogP contribution in [0.2, 0.25) is 0 Å². The van der Waals surface area contributed by atoms with E-state index in [0.717, 1.165) is 30.1 Å². The number of methoxy groups -OCH3 is 1. The van der Waals surface area contributed by atoms with Gasteiger partial charge in [0, 0.05) is 0 Å². The molecule has 0 aromatic heterocycles. The maximum atomic E-state index is 5.95. The van der Waals surface area contributed by atoms with Crippen LogP contribution in [0, 0.1) is 0 Å². The van der Waals surface area contributed by atoms with Crippen LogP contribution in [0.15, 0.2) is 90.0 Å². The van der Waals surface area contributed by atoms with Gasteiger partial charge >= 0.3 is 0 Å². The largest absolute Gasteiger partial charge is 0.497 e. The molecule has 0 N–H and O–H groups in total. The maximum absolute atomic E-state index is 5.95.